The van der Waals surface area contributed by atoms with E-state index >= 15 is 0 Å². The number of methoxy groups -OCH3 is 1. The van der Waals surface area contributed by atoms with Crippen molar-refractivity contribution in [2.24, 2.45) is 12.5 Å². The Hall–Kier alpha value is -3.61. The normalized spacial score (nSPS) is 17.7. The first-order chi connectivity index (χ1) is 16.0. The van der Waals surface area contributed by atoms with Crippen molar-refractivity contribution in [2.75, 3.05) is 26.7 Å². The van der Waals surface area contributed by atoms with Crippen LogP contribution in [0.3, 0.4) is 0 Å². The van der Waals surface area contributed by atoms with Crippen LogP contribution in [-0.4, -0.2) is 53.2 Å². The monoisotopic (exact) mass is 446 g/mol. The van der Waals surface area contributed by atoms with Crippen LogP contribution in [-0.2, 0) is 18.3 Å². The van der Waals surface area contributed by atoms with Gasteiger partial charge in [-0.3, -0.25) is 14.3 Å². The zero-order valence-corrected chi connectivity index (χ0v) is 19.4. The van der Waals surface area contributed by atoms with Crippen LogP contribution in [0.25, 0.3) is 11.1 Å². The van der Waals surface area contributed by atoms with Gasteiger partial charge in [-0.1, -0.05) is 42.5 Å². The number of likely N-dealkylation sites (tertiary alicyclic amines) is 1. The molecule has 1 aliphatic rings. The number of para-hydroxylation sites is 1. The summed E-state index contributed by atoms with van der Waals surface area (Å²) in [6.07, 6.45) is 2.94. The van der Waals surface area contributed by atoms with Gasteiger partial charge in [0.1, 0.15) is 11.4 Å². The van der Waals surface area contributed by atoms with Gasteiger partial charge in [0, 0.05) is 38.4 Å². The molecule has 7 heteroatoms. The summed E-state index contributed by atoms with van der Waals surface area (Å²) in [4.78, 5) is 27.9. The van der Waals surface area contributed by atoms with Crippen LogP contribution in [0.15, 0.2) is 60.8 Å². The molecule has 1 N–H and O–H groups in total. The first-order valence-electron chi connectivity index (χ1n) is 11.3. The Balaban J connectivity index is 1.56. The minimum Gasteiger partial charge on any atom is -0.496 e. The number of hydrogen-bond acceptors (Lipinski definition) is 4. The second-order valence-electron chi connectivity index (χ2n) is 8.57. The van der Waals surface area contributed by atoms with E-state index in [-0.39, 0.29) is 11.8 Å². The molecule has 1 fully saturated rings. The molecule has 0 aliphatic carbocycles. The van der Waals surface area contributed by atoms with Gasteiger partial charge in [-0.25, -0.2) is 0 Å². The Morgan fingerprint density at radius 2 is 1.88 bits per heavy atom. The number of hydrogen-bond donors (Lipinski definition) is 1. The van der Waals surface area contributed by atoms with E-state index in [1.54, 1.807) is 36.0 Å². The zero-order chi connectivity index (χ0) is 23.4. The summed E-state index contributed by atoms with van der Waals surface area (Å²) in [6, 6.07) is 17.9. The molecule has 0 bridgehead atoms. The Morgan fingerprint density at radius 1 is 1.12 bits per heavy atom. The van der Waals surface area contributed by atoms with Crippen molar-refractivity contribution >= 4 is 11.8 Å². The van der Waals surface area contributed by atoms with Crippen molar-refractivity contribution in [1.82, 2.24) is 20.0 Å². The predicted octanol–water partition coefficient (Wildman–Crippen LogP) is 3.31. The van der Waals surface area contributed by atoms with Crippen LogP contribution in [0.1, 0.15) is 29.4 Å². The summed E-state index contributed by atoms with van der Waals surface area (Å²) in [6.45, 7) is 3.38. The van der Waals surface area contributed by atoms with Gasteiger partial charge in [0.05, 0.1) is 12.5 Å². The van der Waals surface area contributed by atoms with Crippen molar-refractivity contribution in [3.8, 4) is 16.9 Å². The molecule has 0 spiro atoms. The lowest BCUT2D eigenvalue weighted by Crippen LogP contribution is -2.45. The molecule has 1 saturated heterocycles. The molecule has 1 aromatic heterocycles. The molecule has 172 valence electrons. The summed E-state index contributed by atoms with van der Waals surface area (Å²) in [5.41, 5.74) is 2.89. The quantitative estimate of drug-likeness (QED) is 0.604. The van der Waals surface area contributed by atoms with Crippen molar-refractivity contribution in [3.63, 3.8) is 0 Å². The standard InChI is InChI=1S/C26H30N4O3/c1-4-27-25(32)26(14-16-30(18-26)24(31)22-13-15-29(2)28-22)17-19-9-11-20(12-10-19)21-7-5-6-8-23(21)33-3/h5-13,15H,4,14,16-18H2,1-3H3,(H,27,32)/t26-/m1/s1. The Kier molecular flexibility index (Phi) is 6.49. The smallest absolute Gasteiger partial charge is 0.274 e. The first kappa shape index (κ1) is 22.6. The molecule has 7 nitrogen and oxygen atoms in total. The highest BCUT2D eigenvalue weighted by Crippen LogP contribution is 2.36. The number of carbonyl (C=O) groups is 2. The van der Waals surface area contributed by atoms with Crippen LogP contribution in [0, 0.1) is 5.41 Å². The largest absolute Gasteiger partial charge is 0.496 e. The van der Waals surface area contributed by atoms with Gasteiger partial charge in [-0.2, -0.15) is 5.10 Å². The lowest BCUT2D eigenvalue weighted by Gasteiger charge is -2.28. The Bertz CT molecular complexity index is 1140. The van der Waals surface area contributed by atoms with Gasteiger partial charge < -0.3 is 15.0 Å². The number of carbonyl (C=O) groups excluding carboxylic acids is 2. The van der Waals surface area contributed by atoms with Gasteiger partial charge in [0.25, 0.3) is 5.91 Å². The SMILES string of the molecule is CCNC(=O)[C@@]1(Cc2ccc(-c3ccccc3OC)cc2)CCN(C(=O)c2ccn(C)n2)C1. The molecule has 2 heterocycles. The van der Waals surface area contributed by atoms with E-state index in [2.05, 4.69) is 34.7 Å². The van der Waals surface area contributed by atoms with Crippen LogP contribution in [0.4, 0.5) is 0 Å². The summed E-state index contributed by atoms with van der Waals surface area (Å²) in [5, 5.41) is 7.23. The molecule has 0 unspecified atom stereocenters. The summed E-state index contributed by atoms with van der Waals surface area (Å²) in [5.74, 6) is 0.687. The van der Waals surface area contributed by atoms with Crippen molar-refractivity contribution < 1.29 is 14.3 Å². The molecule has 3 aromatic rings. The molecular formula is C26H30N4O3. The number of nitrogens with one attached hydrogen (secondary N) is 1. The van der Waals surface area contributed by atoms with Crippen LogP contribution < -0.4 is 10.1 Å². The molecule has 1 aliphatic heterocycles. The summed E-state index contributed by atoms with van der Waals surface area (Å²) >= 11 is 0. The summed E-state index contributed by atoms with van der Waals surface area (Å²) in [7, 11) is 3.45. The minimum absolute atomic E-state index is 0.00451. The highest BCUT2D eigenvalue weighted by Gasteiger charge is 2.46. The highest BCUT2D eigenvalue weighted by molar-refractivity contribution is 5.93. The van der Waals surface area contributed by atoms with E-state index in [1.807, 2.05) is 31.2 Å². The van der Waals surface area contributed by atoms with Crippen LogP contribution in [0.2, 0.25) is 0 Å². The Morgan fingerprint density at radius 3 is 2.55 bits per heavy atom. The second kappa shape index (κ2) is 9.48. The van der Waals surface area contributed by atoms with Gasteiger partial charge in [-0.15, -0.1) is 0 Å². The Labute approximate surface area is 194 Å². The van der Waals surface area contributed by atoms with E-state index in [9.17, 15) is 9.59 Å². The maximum atomic E-state index is 13.2. The fourth-order valence-corrected chi connectivity index (χ4v) is 4.57. The highest BCUT2D eigenvalue weighted by atomic mass is 16.5. The maximum absolute atomic E-state index is 13.2. The fourth-order valence-electron chi connectivity index (χ4n) is 4.57. The van der Waals surface area contributed by atoms with Gasteiger partial charge in [0.15, 0.2) is 0 Å². The van der Waals surface area contributed by atoms with Gasteiger partial charge >= 0.3 is 0 Å². The number of aromatic nitrogens is 2. The summed E-state index contributed by atoms with van der Waals surface area (Å²) < 4.78 is 7.10. The van der Waals surface area contributed by atoms with E-state index in [1.165, 1.54) is 0 Å². The number of rotatable bonds is 7. The van der Waals surface area contributed by atoms with Crippen LogP contribution in [0.5, 0.6) is 5.75 Å². The molecule has 2 aromatic carbocycles. The van der Waals surface area contributed by atoms with E-state index in [0.29, 0.717) is 38.2 Å². The van der Waals surface area contributed by atoms with E-state index < -0.39 is 5.41 Å². The average molecular weight is 447 g/mol. The third-order valence-corrected chi connectivity index (χ3v) is 6.31. The first-order valence-corrected chi connectivity index (χ1v) is 11.3. The lowest BCUT2D eigenvalue weighted by molar-refractivity contribution is -0.130. The van der Waals surface area contributed by atoms with Crippen LogP contribution >= 0.6 is 0 Å². The van der Waals surface area contributed by atoms with Gasteiger partial charge in [0.2, 0.25) is 5.91 Å². The third-order valence-electron chi connectivity index (χ3n) is 6.31. The molecule has 0 saturated carbocycles. The second-order valence-corrected chi connectivity index (χ2v) is 8.57. The fraction of sp³-hybridized carbons (Fsp3) is 0.346. The van der Waals surface area contributed by atoms with E-state index in [0.717, 1.165) is 22.4 Å². The molecule has 1 atom stereocenters. The molecule has 4 rings (SSSR count). The van der Waals surface area contributed by atoms with Crippen molar-refractivity contribution in [1.29, 1.82) is 0 Å². The molecule has 2 amide bonds. The molecule has 33 heavy (non-hydrogen) atoms. The number of aryl methyl sites for hydroxylation is 1. The molecule has 0 radical (unpaired) electrons. The topological polar surface area (TPSA) is 76.5 Å². The van der Waals surface area contributed by atoms with Crippen molar-refractivity contribution in [3.05, 3.63) is 72.1 Å². The van der Waals surface area contributed by atoms with Crippen molar-refractivity contribution in [2.45, 2.75) is 19.8 Å². The number of benzene rings is 2. The zero-order valence-electron chi connectivity index (χ0n) is 19.4. The third kappa shape index (κ3) is 4.62. The maximum Gasteiger partial charge on any atom is 0.274 e. The minimum atomic E-state index is -0.660. The number of nitrogens with zero attached hydrogens (tertiary/aromatic N) is 3. The van der Waals surface area contributed by atoms with E-state index in [4.69, 9.17) is 4.74 Å². The number of ether oxygens (including phenoxy) is 1. The number of amides is 2. The average Bonchev–Trinajstić information content (AvgIpc) is 3.47. The lowest BCUT2D eigenvalue weighted by atomic mass is 9.79. The van der Waals surface area contributed by atoms with Gasteiger partial charge in [-0.05, 0) is 43.0 Å². The molecular weight excluding hydrogens is 416 g/mol. The predicted molar refractivity (Wildman–Crippen MR) is 127 cm³/mol.